The second kappa shape index (κ2) is 17.2. The van der Waals surface area contributed by atoms with E-state index in [1.807, 2.05) is 59.8 Å². The van der Waals surface area contributed by atoms with Crippen molar-refractivity contribution in [2.75, 3.05) is 49.1 Å². The van der Waals surface area contributed by atoms with Crippen molar-refractivity contribution >= 4 is 41.7 Å². The number of nitrogens with one attached hydrogen (secondary N) is 1. The number of halogens is 1. The fourth-order valence-corrected chi connectivity index (χ4v) is 11.6. The number of carbonyl (C=O) groups excluding carboxylic acids is 3. The molecule has 0 saturated carbocycles. The summed E-state index contributed by atoms with van der Waals surface area (Å²) in [7, 11) is 0. The van der Waals surface area contributed by atoms with Crippen LogP contribution in [0.25, 0.3) is 14.5 Å². The fraction of sp³-hybridized carbons (Fsp3) is 0.574. The predicted molar refractivity (Wildman–Crippen MR) is 238 cm³/mol. The Hall–Kier alpha value is -5.29. The van der Waals surface area contributed by atoms with Crippen LogP contribution in [0.3, 0.4) is 0 Å². The Bertz CT molecular complexity index is 2130. The van der Waals surface area contributed by atoms with Crippen molar-refractivity contribution in [1.29, 1.82) is 0 Å². The monoisotopic (exact) mass is 846 g/mol. The Balaban J connectivity index is 0.000000174. The smallest absolute Gasteiger partial charge is 0.226 e. The van der Waals surface area contributed by atoms with E-state index in [1.165, 1.54) is 0 Å². The van der Waals surface area contributed by atoms with Crippen molar-refractivity contribution in [2.24, 2.45) is 50.2 Å². The number of aromatic nitrogens is 4. The number of anilines is 2. The van der Waals surface area contributed by atoms with Gasteiger partial charge in [0.05, 0.1) is 19.7 Å². The summed E-state index contributed by atoms with van der Waals surface area (Å²) in [6.07, 6.45) is 15.4. The van der Waals surface area contributed by atoms with Gasteiger partial charge in [-0.25, -0.2) is 34.5 Å². The highest BCUT2D eigenvalue weighted by atomic mass is 35.5. The summed E-state index contributed by atoms with van der Waals surface area (Å²) in [5, 5.41) is 3.36. The molecule has 6 atom stereocenters. The Morgan fingerprint density at radius 3 is 1.23 bits per heavy atom. The molecular weight excluding hydrogens is 788 g/mol. The SMILES string of the molecule is Cl.[C-]#[N+]C1=C[C@@]2(C)CN(c3ncccn3)CC[C@@H]2C(C)(C)C1=O.[C-]#[N+]C1=C[C@]2(C)CN(c3ncccn3)CC[C@H]2C(C)(C)C1=O.[C-]#[N+]C1=C[C@]2(C)CNCC[C@H]2C(C)(C)C1=O. The van der Waals surface area contributed by atoms with Gasteiger partial charge in [0.2, 0.25) is 29.0 Å². The van der Waals surface area contributed by atoms with Crippen LogP contribution in [0.5, 0.6) is 0 Å². The highest BCUT2D eigenvalue weighted by Crippen LogP contribution is 2.54. The molecular formula is C47H59ClN10O3. The molecule has 2 aromatic heterocycles. The van der Waals surface area contributed by atoms with Gasteiger partial charge < -0.3 is 29.5 Å². The van der Waals surface area contributed by atoms with Crippen molar-refractivity contribution in [3.8, 4) is 0 Å². The Morgan fingerprint density at radius 2 is 0.885 bits per heavy atom. The molecule has 61 heavy (non-hydrogen) atoms. The lowest BCUT2D eigenvalue weighted by Crippen LogP contribution is -2.56. The first-order valence-corrected chi connectivity index (χ1v) is 20.9. The van der Waals surface area contributed by atoms with Crippen LogP contribution in [-0.4, -0.2) is 76.6 Å². The summed E-state index contributed by atoms with van der Waals surface area (Å²) < 4.78 is 0. The van der Waals surface area contributed by atoms with E-state index in [1.54, 1.807) is 36.9 Å². The number of carbonyl (C=O) groups is 3. The quantitative estimate of drug-likeness (QED) is 0.298. The number of Topliss-reactive ketones (excluding diaryl/α,β-unsaturated/α-hetero) is 3. The zero-order chi connectivity index (χ0) is 43.9. The summed E-state index contributed by atoms with van der Waals surface area (Å²) in [6, 6.07) is 3.61. The molecule has 0 spiro atoms. The molecule has 3 aliphatic heterocycles. The third kappa shape index (κ3) is 8.50. The number of piperidine rings is 3. The van der Waals surface area contributed by atoms with E-state index >= 15 is 0 Å². The summed E-state index contributed by atoms with van der Waals surface area (Å²) in [5.41, 5.74) is -0.975. The molecule has 0 amide bonds. The molecule has 322 valence electrons. The standard InChI is InChI=1S/2C17H20N4O.C13H18N2O.ClH/c2*1-16(2)13-6-9-21(15-19-7-5-8-20-15)11-17(13,3)10-12(18-4)14(16)22;1-12(2)10-5-6-15-8-13(10,3)7-9(14-4)11(12)16;/h2*5,7-8,10,13H,6,9,11H2,1-3H3;7,10,15H,5-6,8H2,1-3H3;1H/t2*13-,17+;10-,13+;/m100./s1. The highest BCUT2D eigenvalue weighted by Gasteiger charge is 2.55. The van der Waals surface area contributed by atoms with Crippen LogP contribution in [0.4, 0.5) is 11.9 Å². The summed E-state index contributed by atoms with van der Waals surface area (Å²) >= 11 is 0. The molecule has 14 heteroatoms. The zero-order valence-corrected chi connectivity index (χ0v) is 37.8. The van der Waals surface area contributed by atoms with E-state index in [4.69, 9.17) is 19.7 Å². The van der Waals surface area contributed by atoms with Crippen molar-refractivity contribution in [3.05, 3.63) is 106 Å². The first-order valence-electron chi connectivity index (χ1n) is 20.9. The van der Waals surface area contributed by atoms with Crippen LogP contribution in [0.1, 0.15) is 81.6 Å². The minimum absolute atomic E-state index is 0. The largest absolute Gasteiger partial charge is 0.340 e. The number of hydrogen-bond acceptors (Lipinski definition) is 10. The zero-order valence-electron chi connectivity index (χ0n) is 37.0. The molecule has 13 nitrogen and oxygen atoms in total. The summed E-state index contributed by atoms with van der Waals surface area (Å²) in [5.74, 6) is 2.23. The molecule has 0 unspecified atom stereocenters. The molecule has 8 rings (SSSR count). The van der Waals surface area contributed by atoms with Gasteiger partial charge in [0, 0.05) is 73.8 Å². The van der Waals surface area contributed by atoms with Gasteiger partial charge in [0.15, 0.2) is 17.3 Å². The Labute approximate surface area is 367 Å². The molecule has 6 aliphatic rings. The minimum atomic E-state index is -0.493. The van der Waals surface area contributed by atoms with Gasteiger partial charge in [0.1, 0.15) is 0 Å². The third-order valence-corrected chi connectivity index (χ3v) is 14.4. The lowest BCUT2D eigenvalue weighted by Gasteiger charge is -2.53. The van der Waals surface area contributed by atoms with E-state index in [-0.39, 0.29) is 69.2 Å². The summed E-state index contributed by atoms with van der Waals surface area (Å²) in [6.45, 7) is 45.0. The van der Waals surface area contributed by atoms with Gasteiger partial charge in [-0.2, -0.15) is 0 Å². The number of hydrogen-bond donors (Lipinski definition) is 1. The van der Waals surface area contributed by atoms with Crippen molar-refractivity contribution < 1.29 is 14.4 Å². The van der Waals surface area contributed by atoms with E-state index in [2.05, 4.69) is 70.4 Å². The van der Waals surface area contributed by atoms with Gasteiger partial charge in [-0.15, -0.1) is 12.4 Å². The maximum absolute atomic E-state index is 12.5. The lowest BCUT2D eigenvalue weighted by molar-refractivity contribution is -0.131. The maximum Gasteiger partial charge on any atom is 0.226 e. The van der Waals surface area contributed by atoms with E-state index in [0.717, 1.165) is 70.4 Å². The van der Waals surface area contributed by atoms with Gasteiger partial charge in [-0.05, 0) is 71.9 Å². The molecule has 2 aromatic rings. The number of allylic oxidation sites excluding steroid dienone is 3. The van der Waals surface area contributed by atoms with Gasteiger partial charge in [0.25, 0.3) is 0 Å². The molecule has 3 aliphatic carbocycles. The normalized spacial score (nSPS) is 31.6. The topological polar surface area (TPSA) is 134 Å². The molecule has 1 N–H and O–H groups in total. The van der Waals surface area contributed by atoms with Crippen LogP contribution in [0, 0.1) is 70.0 Å². The van der Waals surface area contributed by atoms with E-state index < -0.39 is 16.2 Å². The average Bonchev–Trinajstić information content (AvgIpc) is 3.23. The predicted octanol–water partition coefficient (Wildman–Crippen LogP) is 7.88. The minimum Gasteiger partial charge on any atom is -0.340 e. The van der Waals surface area contributed by atoms with Crippen LogP contribution >= 0.6 is 12.4 Å². The van der Waals surface area contributed by atoms with E-state index in [9.17, 15) is 14.4 Å². The molecule has 3 fully saturated rings. The van der Waals surface area contributed by atoms with E-state index in [0.29, 0.717) is 11.6 Å². The third-order valence-electron chi connectivity index (χ3n) is 14.4. The Kier molecular flexibility index (Phi) is 13.2. The lowest BCUT2D eigenvalue weighted by atomic mass is 9.55. The number of nitrogens with zero attached hydrogens (tertiary/aromatic N) is 9. The molecule has 0 aromatic carbocycles. The molecule has 5 heterocycles. The highest BCUT2D eigenvalue weighted by molar-refractivity contribution is 6.03. The maximum atomic E-state index is 12.5. The van der Waals surface area contributed by atoms with Crippen molar-refractivity contribution in [1.82, 2.24) is 25.3 Å². The van der Waals surface area contributed by atoms with Crippen LogP contribution in [0.15, 0.2) is 72.2 Å². The van der Waals surface area contributed by atoms with Crippen LogP contribution in [0.2, 0.25) is 0 Å². The summed E-state index contributed by atoms with van der Waals surface area (Å²) in [4.78, 5) is 69.1. The van der Waals surface area contributed by atoms with Crippen molar-refractivity contribution in [2.45, 2.75) is 81.6 Å². The van der Waals surface area contributed by atoms with Crippen LogP contribution < -0.4 is 15.1 Å². The number of ketones is 3. The number of rotatable bonds is 2. The number of fused-ring (bicyclic) bond motifs is 3. The second-order valence-electron chi connectivity index (χ2n) is 19.7. The van der Waals surface area contributed by atoms with Gasteiger partial charge in [-0.1, -0.05) is 80.5 Å². The molecule has 3 saturated heterocycles. The average molecular weight is 848 g/mol. The Morgan fingerprint density at radius 1 is 0.557 bits per heavy atom. The first kappa shape index (κ1) is 46.8. The second-order valence-corrected chi connectivity index (χ2v) is 19.7. The first-order chi connectivity index (χ1) is 28.2. The van der Waals surface area contributed by atoms with Gasteiger partial charge >= 0.3 is 0 Å². The van der Waals surface area contributed by atoms with Crippen molar-refractivity contribution in [3.63, 3.8) is 0 Å². The molecule has 0 bridgehead atoms. The van der Waals surface area contributed by atoms with Gasteiger partial charge in [-0.3, -0.25) is 0 Å². The molecule has 0 radical (unpaired) electrons. The van der Waals surface area contributed by atoms with Crippen LogP contribution in [-0.2, 0) is 14.4 Å². The fourth-order valence-electron chi connectivity index (χ4n) is 11.6.